The maximum absolute atomic E-state index is 13.3. The highest BCUT2D eigenvalue weighted by atomic mass is 19.1. The maximum atomic E-state index is 13.3. The van der Waals surface area contributed by atoms with Gasteiger partial charge in [0.05, 0.1) is 11.0 Å². The van der Waals surface area contributed by atoms with Crippen LogP contribution in [0.1, 0.15) is 13.3 Å². The molecule has 7 heteroatoms. The van der Waals surface area contributed by atoms with Crippen molar-refractivity contribution in [1.82, 2.24) is 0 Å². The third-order valence-corrected chi connectivity index (χ3v) is 1.98. The second-order valence-electron chi connectivity index (χ2n) is 3.13. The number of hydrogen-bond acceptors (Lipinski definition) is 4. The molecule has 0 spiro atoms. The Morgan fingerprint density at radius 2 is 2.18 bits per heavy atom. The first-order chi connectivity index (χ1) is 7.99. The van der Waals surface area contributed by atoms with Crippen molar-refractivity contribution >= 4 is 5.69 Å². The normalized spacial score (nSPS) is 11.6. The molecule has 0 fully saturated rings. The van der Waals surface area contributed by atoms with Crippen molar-refractivity contribution in [1.29, 1.82) is 5.26 Å². The van der Waals surface area contributed by atoms with E-state index in [2.05, 4.69) is 0 Å². The fourth-order valence-corrected chi connectivity index (χ4v) is 1.10. The molecular formula is C10H8F2N2O3. The molecule has 0 aliphatic carbocycles. The molecule has 0 heterocycles. The van der Waals surface area contributed by atoms with Crippen LogP contribution in [0.3, 0.4) is 0 Å². The van der Waals surface area contributed by atoms with Crippen molar-refractivity contribution in [2.75, 3.05) is 0 Å². The lowest BCUT2D eigenvalue weighted by molar-refractivity contribution is -0.387. The summed E-state index contributed by atoms with van der Waals surface area (Å²) in [5.41, 5.74) is -0.972. The van der Waals surface area contributed by atoms with Crippen molar-refractivity contribution in [3.05, 3.63) is 33.9 Å². The molecule has 5 nitrogen and oxygen atoms in total. The second kappa shape index (κ2) is 5.21. The van der Waals surface area contributed by atoms with Crippen LogP contribution in [0.25, 0.3) is 0 Å². The van der Waals surface area contributed by atoms with Gasteiger partial charge in [-0.1, -0.05) is 6.92 Å². The number of halogens is 2. The van der Waals surface area contributed by atoms with Gasteiger partial charge in [-0.15, -0.1) is 0 Å². The molecule has 0 radical (unpaired) electrons. The number of ether oxygens (including phenoxy) is 1. The summed E-state index contributed by atoms with van der Waals surface area (Å²) in [6.07, 6.45) is -0.639. The van der Waals surface area contributed by atoms with Crippen LogP contribution in [0.2, 0.25) is 0 Å². The van der Waals surface area contributed by atoms with Gasteiger partial charge in [0.25, 0.3) is 0 Å². The fraction of sp³-hybridized carbons (Fsp3) is 0.300. The van der Waals surface area contributed by atoms with Crippen LogP contribution < -0.4 is 4.74 Å². The van der Waals surface area contributed by atoms with Gasteiger partial charge in [-0.2, -0.15) is 9.65 Å². The Balaban J connectivity index is 3.08. The largest absolute Gasteiger partial charge is 0.472 e. The average molecular weight is 242 g/mol. The molecule has 1 aromatic rings. The summed E-state index contributed by atoms with van der Waals surface area (Å²) in [5, 5.41) is 18.9. The van der Waals surface area contributed by atoms with Crippen LogP contribution in [0.5, 0.6) is 5.75 Å². The van der Waals surface area contributed by atoms with Gasteiger partial charge in [0.1, 0.15) is 6.07 Å². The minimum Gasteiger partial charge on any atom is -0.472 e. The van der Waals surface area contributed by atoms with E-state index in [1.54, 1.807) is 13.0 Å². The molecule has 17 heavy (non-hydrogen) atoms. The Hall–Kier alpha value is -2.23. The predicted octanol–water partition coefficient (Wildman–Crippen LogP) is 2.55. The zero-order valence-electron chi connectivity index (χ0n) is 8.81. The van der Waals surface area contributed by atoms with Gasteiger partial charge in [-0.05, 0) is 6.42 Å². The molecule has 90 valence electrons. The molecule has 0 saturated heterocycles. The molecule has 1 unspecified atom stereocenters. The van der Waals surface area contributed by atoms with Gasteiger partial charge in [0, 0.05) is 6.07 Å². The molecule has 1 aromatic carbocycles. The molecular weight excluding hydrogens is 234 g/mol. The number of benzene rings is 1. The summed E-state index contributed by atoms with van der Waals surface area (Å²) in [7, 11) is 0. The molecule has 1 rings (SSSR count). The Labute approximate surface area is 95.4 Å². The van der Waals surface area contributed by atoms with Crippen LogP contribution in [0, 0.1) is 33.1 Å². The summed E-state index contributed by atoms with van der Waals surface area (Å²) in [5.74, 6) is -2.80. The highest BCUT2D eigenvalue weighted by molar-refractivity contribution is 5.39. The first kappa shape index (κ1) is 12.8. The highest BCUT2D eigenvalue weighted by Gasteiger charge is 2.20. The van der Waals surface area contributed by atoms with Crippen LogP contribution in [-0.4, -0.2) is 11.0 Å². The van der Waals surface area contributed by atoms with E-state index in [0.29, 0.717) is 12.1 Å². The maximum Gasteiger partial charge on any atom is 0.307 e. The van der Waals surface area contributed by atoms with E-state index < -0.39 is 34.1 Å². The van der Waals surface area contributed by atoms with Gasteiger partial charge in [0.15, 0.2) is 17.7 Å². The fourth-order valence-electron chi connectivity index (χ4n) is 1.10. The van der Waals surface area contributed by atoms with E-state index in [4.69, 9.17) is 10.00 Å². The van der Waals surface area contributed by atoms with Crippen molar-refractivity contribution < 1.29 is 18.4 Å². The third-order valence-electron chi connectivity index (χ3n) is 1.98. The van der Waals surface area contributed by atoms with Crippen LogP contribution in [-0.2, 0) is 0 Å². The molecule has 0 saturated carbocycles. The molecule has 1 atom stereocenters. The van der Waals surface area contributed by atoms with Crippen molar-refractivity contribution in [3.63, 3.8) is 0 Å². The molecule has 0 aromatic heterocycles. The summed E-state index contributed by atoms with van der Waals surface area (Å²) in [6.45, 7) is 1.63. The average Bonchev–Trinajstić information content (AvgIpc) is 2.29. The zero-order chi connectivity index (χ0) is 13.0. The lowest BCUT2D eigenvalue weighted by Gasteiger charge is -2.10. The Morgan fingerprint density at radius 3 is 2.65 bits per heavy atom. The third kappa shape index (κ3) is 2.87. The Kier molecular flexibility index (Phi) is 3.93. The van der Waals surface area contributed by atoms with E-state index in [9.17, 15) is 18.9 Å². The molecule has 0 bridgehead atoms. The van der Waals surface area contributed by atoms with Gasteiger partial charge in [0.2, 0.25) is 5.82 Å². The minimum absolute atomic E-state index is 0.286. The predicted molar refractivity (Wildman–Crippen MR) is 53.3 cm³/mol. The van der Waals surface area contributed by atoms with Gasteiger partial charge in [-0.3, -0.25) is 10.1 Å². The number of nitrogens with zero attached hydrogens (tertiary/aromatic N) is 2. The summed E-state index contributed by atoms with van der Waals surface area (Å²) in [4.78, 5) is 9.29. The number of rotatable bonds is 4. The first-order valence-corrected chi connectivity index (χ1v) is 4.69. The second-order valence-corrected chi connectivity index (χ2v) is 3.13. The SMILES string of the molecule is CCC(C#N)Oc1cc(F)c([N+](=O)[O-])cc1F. The Bertz CT molecular complexity index is 485. The smallest absolute Gasteiger partial charge is 0.307 e. The molecule has 0 N–H and O–H groups in total. The first-order valence-electron chi connectivity index (χ1n) is 4.69. The van der Waals surface area contributed by atoms with Crippen LogP contribution in [0.15, 0.2) is 12.1 Å². The molecule has 0 aliphatic heterocycles. The monoisotopic (exact) mass is 242 g/mol. The van der Waals surface area contributed by atoms with Crippen molar-refractivity contribution in [2.24, 2.45) is 0 Å². The van der Waals surface area contributed by atoms with E-state index in [1.165, 1.54) is 0 Å². The number of hydrogen-bond donors (Lipinski definition) is 0. The summed E-state index contributed by atoms with van der Waals surface area (Å²) >= 11 is 0. The van der Waals surface area contributed by atoms with Crippen LogP contribution >= 0.6 is 0 Å². The standard InChI is InChI=1S/C10H8F2N2O3/c1-2-6(5-13)17-10-4-7(11)9(14(15)16)3-8(10)12/h3-4,6H,2H2,1H3. The van der Waals surface area contributed by atoms with Gasteiger partial charge >= 0.3 is 5.69 Å². The van der Waals surface area contributed by atoms with E-state index in [0.717, 1.165) is 0 Å². The quantitative estimate of drug-likeness (QED) is 0.600. The summed E-state index contributed by atoms with van der Waals surface area (Å²) in [6, 6.07) is 2.73. The number of nitro benzene ring substituents is 1. The number of nitro groups is 1. The number of nitriles is 1. The van der Waals surface area contributed by atoms with Crippen molar-refractivity contribution in [3.8, 4) is 11.8 Å². The minimum atomic E-state index is -1.21. The van der Waals surface area contributed by atoms with E-state index >= 15 is 0 Å². The van der Waals surface area contributed by atoms with E-state index in [-0.39, 0.29) is 6.42 Å². The lowest BCUT2D eigenvalue weighted by atomic mass is 10.2. The highest BCUT2D eigenvalue weighted by Crippen LogP contribution is 2.27. The van der Waals surface area contributed by atoms with Gasteiger partial charge in [-0.25, -0.2) is 4.39 Å². The molecule has 0 aliphatic rings. The summed E-state index contributed by atoms with van der Waals surface area (Å²) < 4.78 is 31.3. The van der Waals surface area contributed by atoms with E-state index in [1.807, 2.05) is 0 Å². The lowest BCUT2D eigenvalue weighted by Crippen LogP contribution is -2.13. The molecule has 0 amide bonds. The zero-order valence-corrected chi connectivity index (χ0v) is 8.81. The van der Waals surface area contributed by atoms with Crippen molar-refractivity contribution in [2.45, 2.75) is 19.4 Å². The van der Waals surface area contributed by atoms with Crippen LogP contribution in [0.4, 0.5) is 14.5 Å². The Morgan fingerprint density at radius 1 is 1.53 bits per heavy atom. The van der Waals surface area contributed by atoms with Gasteiger partial charge < -0.3 is 4.74 Å². The topological polar surface area (TPSA) is 76.2 Å².